The highest BCUT2D eigenvalue weighted by Gasteiger charge is 2.53. The molecule has 3 rings (SSSR count). The zero-order valence-corrected chi connectivity index (χ0v) is 10.00. The van der Waals surface area contributed by atoms with E-state index in [2.05, 4.69) is 0 Å². The molecule has 0 unspecified atom stereocenters. The topological polar surface area (TPSA) is 40.5 Å². The molecule has 0 atom stereocenters. The van der Waals surface area contributed by atoms with E-state index in [0.29, 0.717) is 12.1 Å². The molecule has 6 heteroatoms. The maximum absolute atomic E-state index is 13.0. The van der Waals surface area contributed by atoms with Crippen LogP contribution in [0.5, 0.6) is 0 Å². The average Bonchev–Trinajstić information content (AvgIpc) is 3.14. The number of carbonyl (C=O) groups is 1. The first-order chi connectivity index (χ1) is 8.90. The van der Waals surface area contributed by atoms with Gasteiger partial charge in [0.1, 0.15) is 5.60 Å². The van der Waals surface area contributed by atoms with Crippen LogP contribution in [-0.2, 0) is 0 Å². The predicted octanol–water partition coefficient (Wildman–Crippen LogP) is 1.70. The monoisotopic (exact) mass is 271 g/mol. The molecule has 3 nitrogen and oxygen atoms in total. The minimum absolute atomic E-state index is 0.164. The standard InChI is InChI=1S/C13H12F3NO2/c14-9-3-7(4-10(15)11(9)16)12(18)17-5-13(19,6-17)8-1-2-8/h3-4,8,19H,1-2,5-6H2. The van der Waals surface area contributed by atoms with Crippen LogP contribution in [0.4, 0.5) is 13.2 Å². The molecule has 1 aromatic rings. The van der Waals surface area contributed by atoms with E-state index in [4.69, 9.17) is 0 Å². The molecule has 1 heterocycles. The van der Waals surface area contributed by atoms with E-state index in [1.54, 1.807) is 0 Å². The first kappa shape index (κ1) is 12.5. The smallest absolute Gasteiger partial charge is 0.254 e. The van der Waals surface area contributed by atoms with Crippen LogP contribution in [0.3, 0.4) is 0 Å². The van der Waals surface area contributed by atoms with Gasteiger partial charge >= 0.3 is 0 Å². The number of halogens is 3. The molecule has 1 aliphatic carbocycles. The molecule has 1 saturated heterocycles. The number of benzene rings is 1. The zero-order chi connectivity index (χ0) is 13.8. The van der Waals surface area contributed by atoms with Crippen molar-refractivity contribution in [2.45, 2.75) is 18.4 Å². The number of hydrogen-bond acceptors (Lipinski definition) is 2. The van der Waals surface area contributed by atoms with Gasteiger partial charge in [-0.3, -0.25) is 4.79 Å². The molecule has 1 amide bonds. The van der Waals surface area contributed by atoms with Gasteiger partial charge in [-0.15, -0.1) is 0 Å². The van der Waals surface area contributed by atoms with Crippen LogP contribution >= 0.6 is 0 Å². The Labute approximate surface area is 107 Å². The third-order valence-corrected chi connectivity index (χ3v) is 3.78. The SMILES string of the molecule is O=C(c1cc(F)c(F)c(F)c1)N1CC(O)(C2CC2)C1. The lowest BCUT2D eigenvalue weighted by atomic mass is 9.88. The first-order valence-electron chi connectivity index (χ1n) is 6.07. The summed E-state index contributed by atoms with van der Waals surface area (Å²) in [5.41, 5.74) is -1.10. The van der Waals surface area contributed by atoms with E-state index in [1.165, 1.54) is 4.90 Å². The molecule has 1 N–H and O–H groups in total. The van der Waals surface area contributed by atoms with Crippen LogP contribution < -0.4 is 0 Å². The summed E-state index contributed by atoms with van der Waals surface area (Å²) in [7, 11) is 0. The number of rotatable bonds is 2. The van der Waals surface area contributed by atoms with Gasteiger partial charge in [-0.25, -0.2) is 13.2 Å². The molecule has 0 bridgehead atoms. The Morgan fingerprint density at radius 2 is 1.74 bits per heavy atom. The maximum Gasteiger partial charge on any atom is 0.254 e. The van der Waals surface area contributed by atoms with Gasteiger partial charge in [0, 0.05) is 5.56 Å². The Bertz CT molecular complexity index is 528. The third kappa shape index (κ3) is 2.00. The fourth-order valence-electron chi connectivity index (χ4n) is 2.50. The number of likely N-dealkylation sites (tertiary alicyclic amines) is 1. The van der Waals surface area contributed by atoms with Gasteiger partial charge in [-0.05, 0) is 30.9 Å². The Kier molecular flexibility index (Phi) is 2.60. The number of hydrogen-bond donors (Lipinski definition) is 1. The van der Waals surface area contributed by atoms with Crippen molar-refractivity contribution >= 4 is 5.91 Å². The number of carbonyl (C=O) groups excluding carboxylic acids is 1. The van der Waals surface area contributed by atoms with Crippen LogP contribution in [0.1, 0.15) is 23.2 Å². The highest BCUT2D eigenvalue weighted by Crippen LogP contribution is 2.44. The largest absolute Gasteiger partial charge is 0.386 e. The molecular formula is C13H12F3NO2. The summed E-state index contributed by atoms with van der Waals surface area (Å²) in [4.78, 5) is 13.2. The maximum atomic E-state index is 13.0. The van der Waals surface area contributed by atoms with Gasteiger partial charge in [0.15, 0.2) is 17.5 Å². The summed E-state index contributed by atoms with van der Waals surface area (Å²) in [6.07, 6.45) is 1.89. The Balaban J connectivity index is 1.75. The first-order valence-corrected chi connectivity index (χ1v) is 6.07. The Morgan fingerprint density at radius 1 is 1.21 bits per heavy atom. The normalized spacial score (nSPS) is 21.2. The van der Waals surface area contributed by atoms with Crippen molar-refractivity contribution in [3.05, 3.63) is 35.1 Å². The molecule has 2 fully saturated rings. The van der Waals surface area contributed by atoms with Gasteiger partial charge in [0.25, 0.3) is 5.91 Å². The Morgan fingerprint density at radius 3 is 2.21 bits per heavy atom. The van der Waals surface area contributed by atoms with Gasteiger partial charge < -0.3 is 10.0 Å². The molecule has 1 saturated carbocycles. The quantitative estimate of drug-likeness (QED) is 0.832. The van der Waals surface area contributed by atoms with Gasteiger partial charge in [-0.1, -0.05) is 0 Å². The lowest BCUT2D eigenvalue weighted by Crippen LogP contribution is -2.64. The number of nitrogens with zero attached hydrogens (tertiary/aromatic N) is 1. The summed E-state index contributed by atoms with van der Waals surface area (Å²) in [6, 6.07) is 1.35. The van der Waals surface area contributed by atoms with Gasteiger partial charge in [-0.2, -0.15) is 0 Å². The zero-order valence-electron chi connectivity index (χ0n) is 10.00. The van der Waals surface area contributed by atoms with Crippen LogP contribution in [0.2, 0.25) is 0 Å². The van der Waals surface area contributed by atoms with Crippen LogP contribution in [0, 0.1) is 23.4 Å². The van der Waals surface area contributed by atoms with Crippen molar-refractivity contribution in [2.75, 3.05) is 13.1 Å². The number of aliphatic hydroxyl groups is 1. The summed E-state index contributed by atoms with van der Waals surface area (Å²) in [5.74, 6) is -4.74. The van der Waals surface area contributed by atoms with Gasteiger partial charge in [0.05, 0.1) is 13.1 Å². The molecule has 1 aromatic carbocycles. The third-order valence-electron chi connectivity index (χ3n) is 3.78. The van der Waals surface area contributed by atoms with Crippen molar-refractivity contribution in [3.8, 4) is 0 Å². The summed E-state index contributed by atoms with van der Waals surface area (Å²) in [5, 5.41) is 10.1. The summed E-state index contributed by atoms with van der Waals surface area (Å²) >= 11 is 0. The number of β-amino-alcohol motifs (C(OH)–C–C–N with tert-alkyl or cyclic N) is 1. The van der Waals surface area contributed by atoms with E-state index in [1.807, 2.05) is 0 Å². The molecule has 0 aromatic heterocycles. The molecule has 0 radical (unpaired) electrons. The molecular weight excluding hydrogens is 259 g/mol. The van der Waals surface area contributed by atoms with E-state index in [-0.39, 0.29) is 24.6 Å². The molecule has 19 heavy (non-hydrogen) atoms. The van der Waals surface area contributed by atoms with E-state index in [0.717, 1.165) is 12.8 Å². The molecule has 0 spiro atoms. The fourth-order valence-corrected chi connectivity index (χ4v) is 2.50. The Hall–Kier alpha value is -1.56. The van der Waals surface area contributed by atoms with Crippen LogP contribution in [-0.4, -0.2) is 34.6 Å². The second-order valence-electron chi connectivity index (χ2n) is 5.29. The number of amides is 1. The molecule has 102 valence electrons. The average molecular weight is 271 g/mol. The van der Waals surface area contributed by atoms with Gasteiger partial charge in [0.2, 0.25) is 0 Å². The minimum atomic E-state index is -1.59. The van der Waals surface area contributed by atoms with E-state index >= 15 is 0 Å². The fraction of sp³-hybridized carbons (Fsp3) is 0.462. The summed E-state index contributed by atoms with van der Waals surface area (Å²) in [6.45, 7) is 0.328. The van der Waals surface area contributed by atoms with E-state index in [9.17, 15) is 23.1 Å². The molecule has 2 aliphatic rings. The molecule has 1 aliphatic heterocycles. The van der Waals surface area contributed by atoms with Crippen molar-refractivity contribution < 1.29 is 23.1 Å². The predicted molar refractivity (Wildman–Crippen MR) is 59.9 cm³/mol. The second kappa shape index (κ2) is 3.96. The van der Waals surface area contributed by atoms with Crippen LogP contribution in [0.25, 0.3) is 0 Å². The van der Waals surface area contributed by atoms with Crippen molar-refractivity contribution in [1.82, 2.24) is 4.90 Å². The van der Waals surface area contributed by atoms with Crippen molar-refractivity contribution in [2.24, 2.45) is 5.92 Å². The highest BCUT2D eigenvalue weighted by atomic mass is 19.2. The van der Waals surface area contributed by atoms with E-state index < -0.39 is 29.0 Å². The van der Waals surface area contributed by atoms with Crippen molar-refractivity contribution in [1.29, 1.82) is 0 Å². The second-order valence-corrected chi connectivity index (χ2v) is 5.29. The van der Waals surface area contributed by atoms with Crippen molar-refractivity contribution in [3.63, 3.8) is 0 Å². The minimum Gasteiger partial charge on any atom is -0.386 e. The van der Waals surface area contributed by atoms with Crippen LogP contribution in [0.15, 0.2) is 12.1 Å². The lowest BCUT2D eigenvalue weighted by Gasteiger charge is -2.47. The highest BCUT2D eigenvalue weighted by molar-refractivity contribution is 5.95. The summed E-state index contributed by atoms with van der Waals surface area (Å²) < 4.78 is 38.9. The lowest BCUT2D eigenvalue weighted by molar-refractivity contribution is -0.0958.